The predicted molar refractivity (Wildman–Crippen MR) is 50.5 cm³/mol. The van der Waals surface area contributed by atoms with Gasteiger partial charge in [0.05, 0.1) is 5.69 Å². The molecule has 0 aliphatic rings. The number of nitrogens with two attached hydrogens (primary N) is 2. The molecule has 0 aliphatic heterocycles. The molecule has 0 heterocycles. The summed E-state index contributed by atoms with van der Waals surface area (Å²) in [6.45, 7) is 2.00. The van der Waals surface area contributed by atoms with E-state index in [1.165, 1.54) is 11.3 Å². The fraction of sp³-hybridized carbons (Fsp3) is 0.125. The second kappa shape index (κ2) is 3.73. The van der Waals surface area contributed by atoms with E-state index in [1.54, 1.807) is 0 Å². The van der Waals surface area contributed by atoms with E-state index in [0.29, 0.717) is 0 Å². The topological polar surface area (TPSA) is 67.6 Å². The highest BCUT2D eigenvalue weighted by Gasteiger charge is 1.96. The average molecular weight is 164 g/mol. The highest BCUT2D eigenvalue weighted by atomic mass is 15.4. The molecule has 0 bridgehead atoms. The molecule has 0 spiro atoms. The Hall–Kier alpha value is -1.55. The monoisotopic (exact) mass is 164 g/mol. The van der Waals surface area contributed by atoms with Crippen molar-refractivity contribution in [1.29, 1.82) is 0 Å². The molecule has 4 nitrogen and oxygen atoms in total. The Balaban J connectivity index is 2.87. The van der Waals surface area contributed by atoms with Gasteiger partial charge in [0.1, 0.15) is 6.34 Å². The minimum atomic E-state index is 0.865. The molecule has 0 atom stereocenters. The molecule has 64 valence electrons. The molecule has 4 heteroatoms. The van der Waals surface area contributed by atoms with Crippen LogP contribution in [0.2, 0.25) is 0 Å². The number of hydrazone groups is 1. The van der Waals surface area contributed by atoms with E-state index in [-0.39, 0.29) is 0 Å². The van der Waals surface area contributed by atoms with Crippen LogP contribution in [0.25, 0.3) is 0 Å². The van der Waals surface area contributed by atoms with Gasteiger partial charge in [-0.1, -0.05) is 12.1 Å². The number of benzene rings is 1. The van der Waals surface area contributed by atoms with E-state index < -0.39 is 0 Å². The van der Waals surface area contributed by atoms with Crippen molar-refractivity contribution in [3.8, 4) is 0 Å². The molecule has 1 aromatic rings. The normalized spacial score (nSPS) is 10.5. The smallest absolute Gasteiger partial charge is 0.129 e. The summed E-state index contributed by atoms with van der Waals surface area (Å²) in [5.74, 6) is 10.5. The van der Waals surface area contributed by atoms with Crippen LogP contribution in [0, 0.1) is 6.92 Å². The van der Waals surface area contributed by atoms with Crippen LogP contribution < -0.4 is 16.7 Å². The summed E-state index contributed by atoms with van der Waals surface area (Å²) in [5.41, 5.74) is 2.01. The van der Waals surface area contributed by atoms with Crippen LogP contribution in [0.3, 0.4) is 0 Å². The van der Waals surface area contributed by atoms with Gasteiger partial charge in [-0.25, -0.2) is 5.84 Å². The highest BCUT2D eigenvalue weighted by Crippen LogP contribution is 2.10. The summed E-state index contributed by atoms with van der Waals surface area (Å²) in [7, 11) is 0. The molecule has 0 aliphatic carbocycles. The summed E-state index contributed by atoms with van der Waals surface area (Å²) in [4.78, 5) is 0. The number of hydrogen-bond donors (Lipinski definition) is 2. The van der Waals surface area contributed by atoms with Gasteiger partial charge in [0.25, 0.3) is 0 Å². The van der Waals surface area contributed by atoms with Crippen molar-refractivity contribution in [2.45, 2.75) is 6.92 Å². The predicted octanol–water partition coefficient (Wildman–Crippen LogP) is 0.577. The lowest BCUT2D eigenvalue weighted by Gasteiger charge is -2.11. The van der Waals surface area contributed by atoms with Crippen molar-refractivity contribution >= 4 is 12.0 Å². The van der Waals surface area contributed by atoms with Crippen molar-refractivity contribution in [3.05, 3.63) is 29.8 Å². The second-order valence-electron chi connectivity index (χ2n) is 2.51. The minimum Gasteiger partial charge on any atom is -0.322 e. The van der Waals surface area contributed by atoms with Gasteiger partial charge in [-0.15, -0.1) is 0 Å². The molecule has 1 rings (SSSR count). The number of hydrogen-bond acceptors (Lipinski definition) is 3. The maximum Gasteiger partial charge on any atom is 0.129 e. The van der Waals surface area contributed by atoms with Crippen LogP contribution in [-0.4, -0.2) is 6.34 Å². The molecular formula is C8H12N4. The van der Waals surface area contributed by atoms with Gasteiger partial charge in [0, 0.05) is 0 Å². The largest absolute Gasteiger partial charge is 0.322 e. The van der Waals surface area contributed by atoms with Crippen LogP contribution in [0.5, 0.6) is 0 Å². The van der Waals surface area contributed by atoms with E-state index in [1.807, 2.05) is 31.2 Å². The second-order valence-corrected chi connectivity index (χ2v) is 2.51. The summed E-state index contributed by atoms with van der Waals surface area (Å²) in [6, 6.07) is 7.75. The van der Waals surface area contributed by atoms with Gasteiger partial charge >= 0.3 is 0 Å². The lowest BCUT2D eigenvalue weighted by Crippen LogP contribution is -2.29. The van der Waals surface area contributed by atoms with Gasteiger partial charge in [-0.05, 0) is 24.6 Å². The maximum atomic E-state index is 5.58. The minimum absolute atomic E-state index is 0.865. The molecule has 0 saturated heterocycles. The molecular weight excluding hydrogens is 152 g/mol. The molecule has 12 heavy (non-hydrogen) atoms. The van der Waals surface area contributed by atoms with Crippen molar-refractivity contribution in [3.63, 3.8) is 0 Å². The molecule has 0 aromatic heterocycles. The third-order valence-electron chi connectivity index (χ3n) is 1.49. The van der Waals surface area contributed by atoms with E-state index >= 15 is 0 Å². The lowest BCUT2D eigenvalue weighted by atomic mass is 10.2. The Morgan fingerprint density at radius 1 is 1.50 bits per heavy atom. The third-order valence-corrected chi connectivity index (χ3v) is 1.49. The zero-order chi connectivity index (χ0) is 8.97. The van der Waals surface area contributed by atoms with Crippen molar-refractivity contribution in [2.75, 3.05) is 5.01 Å². The maximum absolute atomic E-state index is 5.58. The highest BCUT2D eigenvalue weighted by molar-refractivity contribution is 5.77. The molecule has 0 unspecified atom stereocenters. The Morgan fingerprint density at radius 2 is 2.25 bits per heavy atom. The quantitative estimate of drug-likeness (QED) is 0.291. The molecule has 0 radical (unpaired) electrons. The SMILES string of the molecule is Cc1cccc(N(N)/C=N\N)c1. The first-order valence-corrected chi connectivity index (χ1v) is 3.58. The molecule has 1 aromatic carbocycles. The molecule has 0 saturated carbocycles. The Labute approximate surface area is 71.4 Å². The van der Waals surface area contributed by atoms with Gasteiger partial charge in [-0.3, -0.25) is 5.01 Å². The fourth-order valence-electron chi connectivity index (χ4n) is 0.927. The molecule has 0 amide bonds. The molecule has 0 fully saturated rings. The first-order chi connectivity index (χ1) is 5.74. The zero-order valence-corrected chi connectivity index (χ0v) is 6.94. The fourth-order valence-corrected chi connectivity index (χ4v) is 0.927. The van der Waals surface area contributed by atoms with E-state index in [9.17, 15) is 0 Å². The first kappa shape index (κ1) is 8.55. The van der Waals surface area contributed by atoms with E-state index in [2.05, 4.69) is 5.10 Å². The van der Waals surface area contributed by atoms with Gasteiger partial charge in [0.15, 0.2) is 0 Å². The van der Waals surface area contributed by atoms with Gasteiger partial charge < -0.3 is 5.84 Å². The standard InChI is InChI=1S/C8H12N4/c1-7-3-2-4-8(5-7)12(10)6-11-9/h2-6H,9-10H2,1H3/b11-6-. The van der Waals surface area contributed by atoms with Crippen LogP contribution >= 0.6 is 0 Å². The number of aryl methyl sites for hydroxylation is 1. The van der Waals surface area contributed by atoms with Crippen LogP contribution in [0.1, 0.15) is 5.56 Å². The van der Waals surface area contributed by atoms with Crippen molar-refractivity contribution < 1.29 is 0 Å². The summed E-state index contributed by atoms with van der Waals surface area (Å²) in [6.07, 6.45) is 1.36. The van der Waals surface area contributed by atoms with Crippen LogP contribution in [0.4, 0.5) is 5.69 Å². The van der Waals surface area contributed by atoms with Crippen molar-refractivity contribution in [2.24, 2.45) is 16.8 Å². The van der Waals surface area contributed by atoms with Crippen LogP contribution in [0.15, 0.2) is 29.4 Å². The Morgan fingerprint density at radius 3 is 2.83 bits per heavy atom. The third kappa shape index (κ3) is 1.96. The Bertz CT molecular complexity index is 282. The first-order valence-electron chi connectivity index (χ1n) is 3.58. The summed E-state index contributed by atoms with van der Waals surface area (Å²) < 4.78 is 0. The number of nitrogens with zero attached hydrogens (tertiary/aromatic N) is 2. The van der Waals surface area contributed by atoms with Gasteiger partial charge in [-0.2, -0.15) is 5.10 Å². The zero-order valence-electron chi connectivity index (χ0n) is 6.94. The molecule has 4 N–H and O–H groups in total. The summed E-state index contributed by atoms with van der Waals surface area (Å²) in [5, 5.41) is 4.69. The van der Waals surface area contributed by atoms with Crippen LogP contribution in [-0.2, 0) is 0 Å². The average Bonchev–Trinajstić information content (AvgIpc) is 2.05. The van der Waals surface area contributed by atoms with Crippen molar-refractivity contribution in [1.82, 2.24) is 0 Å². The Kier molecular flexibility index (Phi) is 2.66. The van der Waals surface area contributed by atoms with E-state index in [0.717, 1.165) is 11.3 Å². The summed E-state index contributed by atoms with van der Waals surface area (Å²) >= 11 is 0. The number of anilines is 1. The number of rotatable bonds is 2. The van der Waals surface area contributed by atoms with E-state index in [4.69, 9.17) is 11.7 Å². The lowest BCUT2D eigenvalue weighted by molar-refractivity contribution is 1.12. The number of hydrazine groups is 1. The van der Waals surface area contributed by atoms with Gasteiger partial charge in [0.2, 0.25) is 0 Å².